The van der Waals surface area contributed by atoms with Crippen LogP contribution in [0.25, 0.3) is 0 Å². The Balaban J connectivity index is 1.47. The van der Waals surface area contributed by atoms with Gasteiger partial charge in [-0.05, 0) is 48.9 Å². The van der Waals surface area contributed by atoms with E-state index in [0.717, 1.165) is 11.3 Å². The van der Waals surface area contributed by atoms with Crippen LogP contribution >= 0.6 is 0 Å². The molecular formula is C26H29N3O4. The lowest BCUT2D eigenvalue weighted by Crippen LogP contribution is -2.26. The van der Waals surface area contributed by atoms with E-state index in [-0.39, 0.29) is 24.4 Å². The van der Waals surface area contributed by atoms with Crippen LogP contribution in [-0.4, -0.2) is 38.7 Å². The van der Waals surface area contributed by atoms with E-state index in [1.807, 2.05) is 61.5 Å². The van der Waals surface area contributed by atoms with Gasteiger partial charge >= 0.3 is 0 Å². The lowest BCUT2D eigenvalue weighted by Gasteiger charge is -2.14. The molecule has 0 radical (unpaired) electrons. The first-order valence-corrected chi connectivity index (χ1v) is 10.8. The molecule has 33 heavy (non-hydrogen) atoms. The Morgan fingerprint density at radius 3 is 2.36 bits per heavy atom. The first-order chi connectivity index (χ1) is 16.0. The Kier molecular flexibility index (Phi) is 8.85. The van der Waals surface area contributed by atoms with Crippen LogP contribution in [0.1, 0.15) is 28.9 Å². The minimum Gasteiger partial charge on any atom is -0.491 e. The maximum Gasteiger partial charge on any atom is 0.251 e. The Morgan fingerprint density at radius 1 is 0.879 bits per heavy atom. The molecule has 0 aliphatic heterocycles. The quantitative estimate of drug-likeness (QED) is 0.383. The zero-order valence-electron chi connectivity index (χ0n) is 18.8. The first kappa shape index (κ1) is 23.8. The van der Waals surface area contributed by atoms with Crippen LogP contribution in [0.4, 0.5) is 11.4 Å². The molecule has 7 nitrogen and oxygen atoms in total. The van der Waals surface area contributed by atoms with Crippen LogP contribution in [-0.2, 0) is 9.53 Å². The van der Waals surface area contributed by atoms with Crippen molar-refractivity contribution >= 4 is 23.2 Å². The molecule has 0 aliphatic carbocycles. The van der Waals surface area contributed by atoms with Gasteiger partial charge in [0.05, 0.1) is 19.2 Å². The summed E-state index contributed by atoms with van der Waals surface area (Å²) < 4.78 is 10.5. The molecule has 0 saturated heterocycles. The molecule has 172 valence electrons. The van der Waals surface area contributed by atoms with Gasteiger partial charge in [-0.2, -0.15) is 0 Å². The van der Waals surface area contributed by atoms with Crippen molar-refractivity contribution in [2.24, 2.45) is 0 Å². The van der Waals surface area contributed by atoms with Gasteiger partial charge in [0.2, 0.25) is 5.91 Å². The third-order valence-electron chi connectivity index (χ3n) is 4.92. The molecule has 0 fully saturated rings. The average molecular weight is 448 g/mol. The minimum atomic E-state index is -0.199. The molecule has 2 amide bonds. The number of ether oxygens (including phenoxy) is 2. The molecule has 0 spiro atoms. The van der Waals surface area contributed by atoms with E-state index in [9.17, 15) is 9.59 Å². The lowest BCUT2D eigenvalue weighted by atomic mass is 10.1. The second kappa shape index (κ2) is 12.3. The molecular weight excluding hydrogens is 418 g/mol. The summed E-state index contributed by atoms with van der Waals surface area (Å²) in [5.41, 5.74) is 2.96. The highest BCUT2D eigenvalue weighted by Gasteiger charge is 2.11. The summed E-state index contributed by atoms with van der Waals surface area (Å²) in [5, 5.41) is 8.87. The SMILES string of the molecule is COCCOc1cccc(NCC(=O)Nc2ccc(C(=O)NC(C)c3ccccc3)cc2)c1. The van der Waals surface area contributed by atoms with Gasteiger partial charge < -0.3 is 25.4 Å². The number of nitrogens with one attached hydrogen (secondary N) is 3. The van der Waals surface area contributed by atoms with Crippen LogP contribution in [0.3, 0.4) is 0 Å². The number of benzene rings is 3. The molecule has 0 bridgehead atoms. The third kappa shape index (κ3) is 7.66. The highest BCUT2D eigenvalue weighted by atomic mass is 16.5. The van der Waals surface area contributed by atoms with Crippen molar-refractivity contribution in [3.05, 3.63) is 90.0 Å². The zero-order valence-corrected chi connectivity index (χ0v) is 18.8. The smallest absolute Gasteiger partial charge is 0.251 e. The predicted molar refractivity (Wildman–Crippen MR) is 130 cm³/mol. The Bertz CT molecular complexity index is 1040. The molecule has 3 aromatic carbocycles. The maximum absolute atomic E-state index is 12.5. The summed E-state index contributed by atoms with van der Waals surface area (Å²) in [7, 11) is 1.62. The fraction of sp³-hybridized carbons (Fsp3) is 0.231. The fourth-order valence-corrected chi connectivity index (χ4v) is 3.14. The number of carbonyl (C=O) groups excluding carboxylic acids is 2. The van der Waals surface area contributed by atoms with Crippen LogP contribution < -0.4 is 20.7 Å². The van der Waals surface area contributed by atoms with E-state index in [2.05, 4.69) is 16.0 Å². The number of anilines is 2. The summed E-state index contributed by atoms with van der Waals surface area (Å²) in [5.74, 6) is 0.335. The Hall–Kier alpha value is -3.84. The number of methoxy groups -OCH3 is 1. The standard InChI is InChI=1S/C26H29N3O4/c1-19(20-7-4-3-5-8-20)28-26(31)21-11-13-22(14-12-21)29-25(30)18-27-23-9-6-10-24(17-23)33-16-15-32-2/h3-14,17,19,27H,15-16,18H2,1-2H3,(H,28,31)(H,29,30). The zero-order chi connectivity index (χ0) is 23.5. The molecule has 1 unspecified atom stereocenters. The number of carbonyl (C=O) groups is 2. The van der Waals surface area contributed by atoms with E-state index < -0.39 is 0 Å². The van der Waals surface area contributed by atoms with Crippen molar-refractivity contribution in [3.8, 4) is 5.75 Å². The van der Waals surface area contributed by atoms with Gasteiger partial charge in [-0.15, -0.1) is 0 Å². The lowest BCUT2D eigenvalue weighted by molar-refractivity contribution is -0.114. The fourth-order valence-electron chi connectivity index (χ4n) is 3.14. The molecule has 3 aromatic rings. The van der Waals surface area contributed by atoms with E-state index in [4.69, 9.17) is 9.47 Å². The topological polar surface area (TPSA) is 88.7 Å². The molecule has 0 heterocycles. The highest BCUT2D eigenvalue weighted by molar-refractivity contribution is 5.96. The normalized spacial score (nSPS) is 11.3. The molecule has 0 aliphatic rings. The van der Waals surface area contributed by atoms with Crippen LogP contribution in [0.5, 0.6) is 5.75 Å². The minimum absolute atomic E-state index is 0.0956. The predicted octanol–water partition coefficient (Wildman–Crippen LogP) is 4.25. The van der Waals surface area contributed by atoms with E-state index in [1.165, 1.54) is 0 Å². The van der Waals surface area contributed by atoms with Gasteiger partial charge in [0, 0.05) is 30.1 Å². The van der Waals surface area contributed by atoms with Crippen molar-refractivity contribution in [3.63, 3.8) is 0 Å². The number of rotatable bonds is 11. The third-order valence-corrected chi connectivity index (χ3v) is 4.92. The van der Waals surface area contributed by atoms with Crippen LogP contribution in [0.2, 0.25) is 0 Å². The second-order valence-corrected chi connectivity index (χ2v) is 7.45. The van der Waals surface area contributed by atoms with Gasteiger partial charge in [0.15, 0.2) is 0 Å². The maximum atomic E-state index is 12.5. The molecule has 3 rings (SSSR count). The highest BCUT2D eigenvalue weighted by Crippen LogP contribution is 2.17. The van der Waals surface area contributed by atoms with Crippen LogP contribution in [0, 0.1) is 0 Å². The average Bonchev–Trinajstić information content (AvgIpc) is 2.84. The monoisotopic (exact) mass is 447 g/mol. The van der Waals surface area contributed by atoms with Crippen molar-refractivity contribution < 1.29 is 19.1 Å². The Morgan fingerprint density at radius 2 is 1.64 bits per heavy atom. The molecule has 7 heteroatoms. The summed E-state index contributed by atoms with van der Waals surface area (Å²) >= 11 is 0. The number of hydrogen-bond acceptors (Lipinski definition) is 5. The van der Waals surface area contributed by atoms with Crippen molar-refractivity contribution in [1.29, 1.82) is 0 Å². The van der Waals surface area contributed by atoms with Gasteiger partial charge in [0.1, 0.15) is 12.4 Å². The molecule has 0 aromatic heterocycles. The van der Waals surface area contributed by atoms with Gasteiger partial charge in [-0.3, -0.25) is 9.59 Å². The van der Waals surface area contributed by atoms with Crippen molar-refractivity contribution in [2.75, 3.05) is 37.5 Å². The van der Waals surface area contributed by atoms with Gasteiger partial charge in [0.25, 0.3) is 5.91 Å². The summed E-state index contributed by atoms with van der Waals surface area (Å²) in [6.07, 6.45) is 0. The Labute approximate surface area is 194 Å². The van der Waals surface area contributed by atoms with Gasteiger partial charge in [-0.25, -0.2) is 0 Å². The van der Waals surface area contributed by atoms with E-state index in [0.29, 0.717) is 30.2 Å². The summed E-state index contributed by atoms with van der Waals surface area (Å²) in [4.78, 5) is 24.8. The van der Waals surface area contributed by atoms with Crippen LogP contribution in [0.15, 0.2) is 78.9 Å². The second-order valence-electron chi connectivity index (χ2n) is 7.45. The number of hydrogen-bond donors (Lipinski definition) is 3. The largest absolute Gasteiger partial charge is 0.491 e. The summed E-state index contributed by atoms with van der Waals surface area (Å²) in [6, 6.07) is 23.9. The van der Waals surface area contributed by atoms with Crippen molar-refractivity contribution in [2.45, 2.75) is 13.0 Å². The molecule has 0 saturated carbocycles. The number of amides is 2. The van der Waals surface area contributed by atoms with Crippen molar-refractivity contribution in [1.82, 2.24) is 5.32 Å². The van der Waals surface area contributed by atoms with Gasteiger partial charge in [-0.1, -0.05) is 36.4 Å². The molecule has 3 N–H and O–H groups in total. The van der Waals surface area contributed by atoms with E-state index >= 15 is 0 Å². The summed E-state index contributed by atoms with van der Waals surface area (Å²) in [6.45, 7) is 3.00. The molecule has 1 atom stereocenters. The first-order valence-electron chi connectivity index (χ1n) is 10.8. The van der Waals surface area contributed by atoms with E-state index in [1.54, 1.807) is 31.4 Å².